The molecular formula is C24H25N3O3S. The number of hydrogen-bond donors (Lipinski definition) is 3. The van der Waals surface area contributed by atoms with Gasteiger partial charge in [0.1, 0.15) is 6.04 Å². The third-order valence-electron chi connectivity index (χ3n) is 4.80. The van der Waals surface area contributed by atoms with Crippen LogP contribution in [0.25, 0.3) is 11.1 Å². The molecule has 0 radical (unpaired) electrons. The predicted octanol–water partition coefficient (Wildman–Crippen LogP) is 4.30. The predicted molar refractivity (Wildman–Crippen MR) is 125 cm³/mol. The van der Waals surface area contributed by atoms with Gasteiger partial charge in [0, 0.05) is 30.2 Å². The number of carbonyl (C=O) groups is 2. The van der Waals surface area contributed by atoms with Gasteiger partial charge in [-0.1, -0.05) is 36.4 Å². The molecule has 1 heterocycles. The first-order valence-electron chi connectivity index (χ1n) is 9.93. The van der Waals surface area contributed by atoms with Gasteiger partial charge in [-0.25, -0.2) is 4.79 Å². The van der Waals surface area contributed by atoms with Crippen molar-refractivity contribution in [3.63, 3.8) is 0 Å². The van der Waals surface area contributed by atoms with Gasteiger partial charge in [0.05, 0.1) is 0 Å². The molecule has 7 heteroatoms. The molecule has 1 amide bonds. The van der Waals surface area contributed by atoms with E-state index in [0.29, 0.717) is 24.3 Å². The van der Waals surface area contributed by atoms with Crippen LogP contribution in [0.1, 0.15) is 22.3 Å². The SMILES string of the molecule is CSCCC(NC(=O)c1ccc(CNc2ccncc2)cc1-c1ccccc1)C(=O)O. The average molecular weight is 436 g/mol. The number of rotatable bonds is 10. The van der Waals surface area contributed by atoms with Crippen molar-refractivity contribution in [2.45, 2.75) is 19.0 Å². The van der Waals surface area contributed by atoms with E-state index >= 15 is 0 Å². The number of nitrogens with zero attached hydrogens (tertiary/aromatic N) is 1. The second kappa shape index (κ2) is 11.2. The van der Waals surface area contributed by atoms with Gasteiger partial charge in [-0.05, 0) is 59.4 Å². The summed E-state index contributed by atoms with van der Waals surface area (Å²) in [7, 11) is 0. The summed E-state index contributed by atoms with van der Waals surface area (Å²) in [6.45, 7) is 0.581. The summed E-state index contributed by atoms with van der Waals surface area (Å²) in [6, 6.07) is 18.1. The quantitative estimate of drug-likeness (QED) is 0.440. The molecule has 1 aromatic heterocycles. The first kappa shape index (κ1) is 22.4. The molecule has 0 spiro atoms. The fourth-order valence-corrected chi connectivity index (χ4v) is 3.63. The Bertz CT molecular complexity index is 1010. The molecule has 0 aliphatic carbocycles. The molecule has 2 aromatic carbocycles. The van der Waals surface area contributed by atoms with Gasteiger partial charge in [-0.15, -0.1) is 0 Å². The number of pyridine rings is 1. The second-order valence-corrected chi connectivity index (χ2v) is 7.97. The Kier molecular flexibility index (Phi) is 8.06. The number of aliphatic carboxylic acids is 1. The minimum absolute atomic E-state index is 0.372. The van der Waals surface area contributed by atoms with Gasteiger partial charge in [-0.2, -0.15) is 11.8 Å². The molecule has 3 rings (SSSR count). The number of aromatic nitrogens is 1. The Morgan fingerprint density at radius 2 is 1.81 bits per heavy atom. The van der Waals surface area contributed by atoms with E-state index in [0.717, 1.165) is 22.4 Å². The molecule has 0 aliphatic heterocycles. The average Bonchev–Trinajstić information content (AvgIpc) is 2.81. The minimum atomic E-state index is -1.03. The Balaban J connectivity index is 1.86. The molecule has 1 atom stereocenters. The Labute approximate surface area is 186 Å². The lowest BCUT2D eigenvalue weighted by Gasteiger charge is -2.17. The van der Waals surface area contributed by atoms with Crippen LogP contribution in [0.2, 0.25) is 0 Å². The fourth-order valence-electron chi connectivity index (χ4n) is 3.16. The number of hydrogen-bond acceptors (Lipinski definition) is 5. The van der Waals surface area contributed by atoms with Crippen molar-refractivity contribution in [1.29, 1.82) is 0 Å². The van der Waals surface area contributed by atoms with Crippen LogP contribution in [-0.4, -0.2) is 40.0 Å². The van der Waals surface area contributed by atoms with Crippen molar-refractivity contribution in [2.24, 2.45) is 0 Å². The molecule has 6 nitrogen and oxygen atoms in total. The van der Waals surface area contributed by atoms with Crippen LogP contribution >= 0.6 is 11.8 Å². The van der Waals surface area contributed by atoms with Gasteiger partial charge in [0.15, 0.2) is 0 Å². The maximum absolute atomic E-state index is 13.0. The maximum Gasteiger partial charge on any atom is 0.326 e. The van der Waals surface area contributed by atoms with Gasteiger partial charge in [-0.3, -0.25) is 9.78 Å². The van der Waals surface area contributed by atoms with Crippen LogP contribution < -0.4 is 10.6 Å². The van der Waals surface area contributed by atoms with E-state index in [-0.39, 0.29) is 5.91 Å². The Morgan fingerprint density at radius 1 is 1.06 bits per heavy atom. The molecule has 1 unspecified atom stereocenters. The van der Waals surface area contributed by atoms with Crippen molar-refractivity contribution >= 4 is 29.3 Å². The third-order valence-corrected chi connectivity index (χ3v) is 5.45. The summed E-state index contributed by atoms with van der Waals surface area (Å²) >= 11 is 1.55. The van der Waals surface area contributed by atoms with Crippen LogP contribution in [0.15, 0.2) is 73.1 Å². The van der Waals surface area contributed by atoms with E-state index in [4.69, 9.17) is 0 Å². The summed E-state index contributed by atoms with van der Waals surface area (Å²) in [6.07, 6.45) is 5.73. The van der Waals surface area contributed by atoms with Crippen molar-refractivity contribution in [1.82, 2.24) is 10.3 Å². The topological polar surface area (TPSA) is 91.3 Å². The van der Waals surface area contributed by atoms with Crippen LogP contribution in [0, 0.1) is 0 Å². The zero-order valence-electron chi connectivity index (χ0n) is 17.2. The lowest BCUT2D eigenvalue weighted by Crippen LogP contribution is -2.41. The van der Waals surface area contributed by atoms with Crippen molar-refractivity contribution in [3.8, 4) is 11.1 Å². The zero-order chi connectivity index (χ0) is 22.1. The Hall–Kier alpha value is -3.32. The van der Waals surface area contributed by atoms with Gasteiger partial charge >= 0.3 is 5.97 Å². The molecule has 31 heavy (non-hydrogen) atoms. The molecule has 0 saturated carbocycles. The fraction of sp³-hybridized carbons (Fsp3) is 0.208. The van der Waals surface area contributed by atoms with E-state index in [1.54, 1.807) is 30.2 Å². The smallest absolute Gasteiger partial charge is 0.326 e. The molecule has 160 valence electrons. The molecule has 0 bridgehead atoms. The maximum atomic E-state index is 13.0. The second-order valence-electron chi connectivity index (χ2n) is 6.98. The summed E-state index contributed by atoms with van der Waals surface area (Å²) in [5.74, 6) is -0.759. The molecule has 0 aliphatic rings. The van der Waals surface area contributed by atoms with Crippen LogP contribution in [0.4, 0.5) is 5.69 Å². The third kappa shape index (κ3) is 6.33. The number of benzene rings is 2. The monoisotopic (exact) mass is 435 g/mol. The Morgan fingerprint density at radius 3 is 2.48 bits per heavy atom. The first-order valence-corrected chi connectivity index (χ1v) is 11.3. The number of anilines is 1. The number of carboxylic acid groups (broad SMARTS) is 1. The number of carboxylic acids is 1. The van der Waals surface area contributed by atoms with Gasteiger partial charge in [0.25, 0.3) is 5.91 Å². The molecule has 3 N–H and O–H groups in total. The van der Waals surface area contributed by atoms with Crippen molar-refractivity contribution in [2.75, 3.05) is 17.3 Å². The van der Waals surface area contributed by atoms with E-state index in [9.17, 15) is 14.7 Å². The normalized spacial score (nSPS) is 11.5. The minimum Gasteiger partial charge on any atom is -0.480 e. The lowest BCUT2D eigenvalue weighted by atomic mass is 9.96. The van der Waals surface area contributed by atoms with E-state index in [1.807, 2.05) is 60.9 Å². The number of amides is 1. The standard InChI is InChI=1S/C24H25N3O3S/c1-31-14-11-22(24(29)30)27-23(28)20-8-7-17(16-26-19-9-12-25-13-10-19)15-21(20)18-5-3-2-4-6-18/h2-10,12-13,15,22H,11,14,16H2,1H3,(H,25,26)(H,27,28)(H,29,30). The highest BCUT2D eigenvalue weighted by molar-refractivity contribution is 7.98. The highest BCUT2D eigenvalue weighted by Gasteiger charge is 2.22. The van der Waals surface area contributed by atoms with Crippen LogP contribution in [-0.2, 0) is 11.3 Å². The highest BCUT2D eigenvalue weighted by atomic mass is 32.2. The van der Waals surface area contributed by atoms with Gasteiger partial charge < -0.3 is 15.7 Å². The number of carbonyl (C=O) groups excluding carboxylic acids is 1. The molecule has 0 saturated heterocycles. The van der Waals surface area contributed by atoms with E-state index in [2.05, 4.69) is 15.6 Å². The first-order chi connectivity index (χ1) is 15.1. The molecule has 0 fully saturated rings. The number of nitrogens with one attached hydrogen (secondary N) is 2. The van der Waals surface area contributed by atoms with Crippen LogP contribution in [0.3, 0.4) is 0 Å². The summed E-state index contributed by atoms with van der Waals surface area (Å²) in [5, 5.41) is 15.5. The van der Waals surface area contributed by atoms with Crippen LogP contribution in [0.5, 0.6) is 0 Å². The molecular weight excluding hydrogens is 410 g/mol. The molecule has 3 aromatic rings. The van der Waals surface area contributed by atoms with Gasteiger partial charge in [0.2, 0.25) is 0 Å². The summed E-state index contributed by atoms with van der Waals surface area (Å²) in [4.78, 5) is 28.6. The van der Waals surface area contributed by atoms with E-state index < -0.39 is 12.0 Å². The van der Waals surface area contributed by atoms with E-state index in [1.165, 1.54) is 0 Å². The van der Waals surface area contributed by atoms with Crippen molar-refractivity contribution < 1.29 is 14.7 Å². The van der Waals surface area contributed by atoms with Crippen molar-refractivity contribution in [3.05, 3.63) is 84.2 Å². The number of thioether (sulfide) groups is 1. The summed E-state index contributed by atoms with van der Waals surface area (Å²) in [5.41, 5.74) is 4.07. The largest absolute Gasteiger partial charge is 0.480 e. The highest BCUT2D eigenvalue weighted by Crippen LogP contribution is 2.26. The summed E-state index contributed by atoms with van der Waals surface area (Å²) < 4.78 is 0. The zero-order valence-corrected chi connectivity index (χ0v) is 18.1. The lowest BCUT2D eigenvalue weighted by molar-refractivity contribution is -0.139.